The molecule has 1 unspecified atom stereocenters. The van der Waals surface area contributed by atoms with E-state index in [1.54, 1.807) is 11.3 Å². The number of aryl methyl sites for hydroxylation is 1. The summed E-state index contributed by atoms with van der Waals surface area (Å²) in [5.74, 6) is 1.17. The van der Waals surface area contributed by atoms with E-state index in [1.165, 1.54) is 30.0 Å². The Morgan fingerprint density at radius 1 is 1.60 bits per heavy atom. The molecule has 0 bridgehead atoms. The van der Waals surface area contributed by atoms with Crippen molar-refractivity contribution in [2.24, 2.45) is 0 Å². The van der Waals surface area contributed by atoms with Crippen molar-refractivity contribution in [1.82, 2.24) is 9.88 Å². The van der Waals surface area contributed by atoms with E-state index in [0.717, 1.165) is 11.6 Å². The van der Waals surface area contributed by atoms with Crippen LogP contribution in [0.5, 0.6) is 0 Å². The Morgan fingerprint density at radius 3 is 3.00 bits per heavy atom. The predicted octanol–water partition coefficient (Wildman–Crippen LogP) is 3.00. The van der Waals surface area contributed by atoms with Crippen LogP contribution in [0, 0.1) is 6.92 Å². The maximum absolute atomic E-state index is 5.82. The fraction of sp³-hybridized carbons (Fsp3) is 0.727. The van der Waals surface area contributed by atoms with E-state index in [0.29, 0.717) is 11.8 Å². The second-order valence-electron chi connectivity index (χ2n) is 4.28. The van der Waals surface area contributed by atoms with E-state index in [2.05, 4.69) is 23.9 Å². The smallest absolute Gasteiger partial charge is 0.108 e. The standard InChI is InChI=1S/C11H17ClN2S/c1-8-11(13-10(6-12)15-8)9-4-3-5-14(2)7-9/h9H,3-7H2,1-2H3. The van der Waals surface area contributed by atoms with Gasteiger partial charge >= 0.3 is 0 Å². The Kier molecular flexibility index (Phi) is 3.65. The summed E-state index contributed by atoms with van der Waals surface area (Å²) in [6.07, 6.45) is 2.56. The predicted molar refractivity (Wildman–Crippen MR) is 65.9 cm³/mol. The van der Waals surface area contributed by atoms with Crippen molar-refractivity contribution >= 4 is 22.9 Å². The van der Waals surface area contributed by atoms with Crippen molar-refractivity contribution in [3.05, 3.63) is 15.6 Å². The first-order valence-electron chi connectivity index (χ1n) is 5.41. The van der Waals surface area contributed by atoms with Crippen LogP contribution in [0.2, 0.25) is 0 Å². The van der Waals surface area contributed by atoms with E-state index in [9.17, 15) is 0 Å². The molecule has 0 amide bonds. The summed E-state index contributed by atoms with van der Waals surface area (Å²) >= 11 is 7.56. The minimum atomic E-state index is 0.550. The zero-order valence-electron chi connectivity index (χ0n) is 9.29. The molecular formula is C11H17ClN2S. The Hall–Kier alpha value is -0.120. The van der Waals surface area contributed by atoms with Crippen LogP contribution in [-0.2, 0) is 5.88 Å². The third-order valence-electron chi connectivity index (χ3n) is 3.00. The second kappa shape index (κ2) is 4.81. The number of likely N-dealkylation sites (tertiary alicyclic amines) is 1. The summed E-state index contributed by atoms with van der Waals surface area (Å²) in [6, 6.07) is 0. The quantitative estimate of drug-likeness (QED) is 0.744. The molecule has 0 N–H and O–H groups in total. The largest absolute Gasteiger partial charge is 0.306 e. The molecule has 1 atom stereocenters. The molecule has 84 valence electrons. The van der Waals surface area contributed by atoms with Gasteiger partial charge in [-0.1, -0.05) is 0 Å². The fourth-order valence-corrected chi connectivity index (χ4v) is 3.38. The first-order chi connectivity index (χ1) is 7.20. The van der Waals surface area contributed by atoms with Gasteiger partial charge in [-0.2, -0.15) is 0 Å². The molecule has 4 heteroatoms. The number of thiazole rings is 1. The number of halogens is 1. The Balaban J connectivity index is 2.16. The van der Waals surface area contributed by atoms with Gasteiger partial charge in [-0.15, -0.1) is 22.9 Å². The van der Waals surface area contributed by atoms with Gasteiger partial charge in [0.1, 0.15) is 5.01 Å². The first kappa shape index (κ1) is 11.4. The van der Waals surface area contributed by atoms with Gasteiger partial charge in [-0.25, -0.2) is 4.98 Å². The molecule has 1 fully saturated rings. The topological polar surface area (TPSA) is 16.1 Å². The number of alkyl halides is 1. The SMILES string of the molecule is Cc1sc(CCl)nc1C1CCCN(C)C1. The Bertz CT molecular complexity index is 337. The average molecular weight is 245 g/mol. The lowest BCUT2D eigenvalue weighted by atomic mass is 9.94. The number of hydrogen-bond acceptors (Lipinski definition) is 3. The van der Waals surface area contributed by atoms with Crippen LogP contribution in [0.1, 0.15) is 34.3 Å². The van der Waals surface area contributed by atoms with E-state index in [-0.39, 0.29) is 0 Å². The molecule has 0 saturated carbocycles. The summed E-state index contributed by atoms with van der Waals surface area (Å²) < 4.78 is 0. The minimum absolute atomic E-state index is 0.550. The van der Waals surface area contributed by atoms with E-state index >= 15 is 0 Å². The zero-order chi connectivity index (χ0) is 10.8. The number of hydrogen-bond donors (Lipinski definition) is 0. The summed E-state index contributed by atoms with van der Waals surface area (Å²) in [5, 5.41) is 1.07. The highest BCUT2D eigenvalue weighted by molar-refractivity contribution is 7.11. The van der Waals surface area contributed by atoms with Gasteiger partial charge in [0, 0.05) is 17.3 Å². The minimum Gasteiger partial charge on any atom is -0.306 e. The normalized spacial score (nSPS) is 23.3. The summed E-state index contributed by atoms with van der Waals surface area (Å²) in [7, 11) is 2.19. The molecule has 1 aliphatic heterocycles. The third-order valence-corrected chi connectivity index (χ3v) is 4.40. The van der Waals surface area contributed by atoms with Gasteiger partial charge in [0.25, 0.3) is 0 Å². The lowest BCUT2D eigenvalue weighted by molar-refractivity contribution is 0.248. The van der Waals surface area contributed by atoms with Crippen LogP contribution in [0.15, 0.2) is 0 Å². The monoisotopic (exact) mass is 244 g/mol. The van der Waals surface area contributed by atoms with E-state index in [1.807, 2.05) is 0 Å². The van der Waals surface area contributed by atoms with Crippen molar-refractivity contribution in [1.29, 1.82) is 0 Å². The molecule has 0 aliphatic carbocycles. The molecule has 2 nitrogen and oxygen atoms in total. The van der Waals surface area contributed by atoms with Crippen molar-refractivity contribution in [2.75, 3.05) is 20.1 Å². The molecule has 1 aromatic heterocycles. The molecule has 15 heavy (non-hydrogen) atoms. The van der Waals surface area contributed by atoms with Gasteiger partial charge in [-0.05, 0) is 33.4 Å². The van der Waals surface area contributed by atoms with Crippen molar-refractivity contribution in [2.45, 2.75) is 31.6 Å². The van der Waals surface area contributed by atoms with Crippen molar-refractivity contribution < 1.29 is 0 Å². The van der Waals surface area contributed by atoms with Gasteiger partial charge in [0.15, 0.2) is 0 Å². The molecule has 0 spiro atoms. The Morgan fingerprint density at radius 2 is 2.40 bits per heavy atom. The number of rotatable bonds is 2. The molecule has 1 aromatic rings. The van der Waals surface area contributed by atoms with Crippen LogP contribution in [-0.4, -0.2) is 30.0 Å². The molecule has 2 rings (SSSR count). The molecule has 0 aromatic carbocycles. The number of aromatic nitrogens is 1. The summed E-state index contributed by atoms with van der Waals surface area (Å²) in [4.78, 5) is 8.40. The highest BCUT2D eigenvalue weighted by Crippen LogP contribution is 2.31. The maximum atomic E-state index is 5.82. The van der Waals surface area contributed by atoms with Crippen LogP contribution in [0.25, 0.3) is 0 Å². The average Bonchev–Trinajstić information content (AvgIpc) is 2.60. The zero-order valence-corrected chi connectivity index (χ0v) is 10.9. The molecule has 2 heterocycles. The highest BCUT2D eigenvalue weighted by atomic mass is 35.5. The van der Waals surface area contributed by atoms with Crippen LogP contribution >= 0.6 is 22.9 Å². The molecule has 0 radical (unpaired) electrons. The van der Waals surface area contributed by atoms with Gasteiger partial charge in [0.2, 0.25) is 0 Å². The number of piperidine rings is 1. The number of nitrogens with zero attached hydrogens (tertiary/aromatic N) is 2. The van der Waals surface area contributed by atoms with Crippen molar-refractivity contribution in [3.8, 4) is 0 Å². The summed E-state index contributed by atoms with van der Waals surface area (Å²) in [5.41, 5.74) is 1.29. The first-order valence-corrected chi connectivity index (χ1v) is 6.76. The Labute approximate surface area is 100 Å². The van der Waals surface area contributed by atoms with E-state index in [4.69, 9.17) is 11.6 Å². The van der Waals surface area contributed by atoms with Gasteiger partial charge < -0.3 is 4.90 Å². The maximum Gasteiger partial charge on any atom is 0.108 e. The lowest BCUT2D eigenvalue weighted by Crippen LogP contribution is -2.31. The summed E-state index contributed by atoms with van der Waals surface area (Å²) in [6.45, 7) is 4.53. The van der Waals surface area contributed by atoms with E-state index < -0.39 is 0 Å². The fourth-order valence-electron chi connectivity index (χ4n) is 2.29. The number of likely N-dealkylation sites (N-methyl/N-ethyl adjacent to an activating group) is 1. The van der Waals surface area contributed by atoms with Crippen LogP contribution in [0.4, 0.5) is 0 Å². The highest BCUT2D eigenvalue weighted by Gasteiger charge is 2.23. The van der Waals surface area contributed by atoms with Gasteiger partial charge in [-0.3, -0.25) is 0 Å². The second-order valence-corrected chi connectivity index (χ2v) is 5.84. The van der Waals surface area contributed by atoms with Crippen LogP contribution < -0.4 is 0 Å². The van der Waals surface area contributed by atoms with Crippen LogP contribution in [0.3, 0.4) is 0 Å². The van der Waals surface area contributed by atoms with Crippen molar-refractivity contribution in [3.63, 3.8) is 0 Å². The molecule has 1 saturated heterocycles. The lowest BCUT2D eigenvalue weighted by Gasteiger charge is -2.29. The third kappa shape index (κ3) is 2.52. The molecule has 1 aliphatic rings. The molecular weight excluding hydrogens is 228 g/mol. The van der Waals surface area contributed by atoms with Gasteiger partial charge in [0.05, 0.1) is 11.6 Å².